The molecule has 5 N–H and O–H groups in total. The van der Waals surface area contributed by atoms with Crippen LogP contribution in [0.4, 0.5) is 0 Å². The van der Waals surface area contributed by atoms with Crippen LogP contribution in [0.2, 0.25) is 0 Å². The lowest BCUT2D eigenvalue weighted by Crippen LogP contribution is -2.52. The molecule has 0 unspecified atom stereocenters. The van der Waals surface area contributed by atoms with E-state index in [-0.39, 0.29) is 18.4 Å². The highest BCUT2D eigenvalue weighted by molar-refractivity contribution is 5.92. The van der Waals surface area contributed by atoms with E-state index in [0.717, 1.165) is 0 Å². The van der Waals surface area contributed by atoms with Crippen molar-refractivity contribution in [3.63, 3.8) is 0 Å². The van der Waals surface area contributed by atoms with E-state index in [4.69, 9.17) is 10.8 Å². The Morgan fingerprint density at radius 1 is 1.21 bits per heavy atom. The van der Waals surface area contributed by atoms with E-state index < -0.39 is 36.4 Å². The van der Waals surface area contributed by atoms with Crippen LogP contribution in [0.15, 0.2) is 0 Å². The molecule has 1 heterocycles. The number of nitrogens with one attached hydrogen (secondary N) is 2. The maximum absolute atomic E-state index is 12.4. The van der Waals surface area contributed by atoms with Crippen molar-refractivity contribution in [3.05, 3.63) is 0 Å². The van der Waals surface area contributed by atoms with Crippen molar-refractivity contribution < 1.29 is 24.3 Å². The molecule has 0 saturated carbocycles. The first kappa shape index (κ1) is 19.9. The fraction of sp³-hybridized carbons (Fsp3) is 0.733. The van der Waals surface area contributed by atoms with Gasteiger partial charge >= 0.3 is 5.97 Å². The topological polar surface area (TPSA) is 142 Å². The Hall–Kier alpha value is -2.16. The summed E-state index contributed by atoms with van der Waals surface area (Å²) in [6.07, 6.45) is 1.76. The van der Waals surface area contributed by atoms with Gasteiger partial charge in [0.25, 0.3) is 0 Å². The highest BCUT2D eigenvalue weighted by atomic mass is 16.4. The maximum atomic E-state index is 12.4. The number of hydrogen-bond donors (Lipinski definition) is 4. The minimum absolute atomic E-state index is 0.253. The van der Waals surface area contributed by atoms with Crippen molar-refractivity contribution in [2.75, 3.05) is 19.6 Å². The molecule has 136 valence electrons. The number of hydrogen-bond acceptors (Lipinski definition) is 5. The zero-order valence-corrected chi connectivity index (χ0v) is 14.1. The smallest absolute Gasteiger partial charge is 0.322 e. The van der Waals surface area contributed by atoms with E-state index in [0.29, 0.717) is 25.8 Å². The first-order valence-corrected chi connectivity index (χ1v) is 8.04. The van der Waals surface area contributed by atoms with Gasteiger partial charge in [0.2, 0.25) is 17.7 Å². The number of likely N-dealkylation sites (tertiary alicyclic amines) is 1. The number of nitrogens with zero attached hydrogens (tertiary/aromatic N) is 1. The van der Waals surface area contributed by atoms with E-state index in [1.54, 1.807) is 0 Å². The van der Waals surface area contributed by atoms with Crippen LogP contribution in [0.25, 0.3) is 0 Å². The number of carbonyl (C=O) groups is 4. The summed E-state index contributed by atoms with van der Waals surface area (Å²) in [7, 11) is 0. The highest BCUT2D eigenvalue weighted by Gasteiger charge is 2.36. The molecule has 9 nitrogen and oxygen atoms in total. The largest absolute Gasteiger partial charge is 0.480 e. The van der Waals surface area contributed by atoms with Crippen molar-refractivity contribution in [3.8, 4) is 0 Å². The number of carboxylic acid groups (broad SMARTS) is 1. The molecule has 0 aromatic carbocycles. The van der Waals surface area contributed by atoms with E-state index in [1.807, 2.05) is 13.8 Å². The van der Waals surface area contributed by atoms with Crippen LogP contribution in [-0.4, -0.2) is 65.4 Å². The third-order valence-electron chi connectivity index (χ3n) is 3.74. The van der Waals surface area contributed by atoms with Crippen LogP contribution in [-0.2, 0) is 19.2 Å². The van der Waals surface area contributed by atoms with Crippen molar-refractivity contribution in [1.82, 2.24) is 15.5 Å². The second-order valence-corrected chi connectivity index (χ2v) is 6.31. The van der Waals surface area contributed by atoms with Crippen molar-refractivity contribution in [1.29, 1.82) is 0 Å². The summed E-state index contributed by atoms with van der Waals surface area (Å²) in [4.78, 5) is 47.8. The lowest BCUT2D eigenvalue weighted by atomic mass is 10.0. The Morgan fingerprint density at radius 3 is 2.46 bits per heavy atom. The summed E-state index contributed by atoms with van der Waals surface area (Å²) in [6, 6.07) is -1.28. The molecule has 0 aromatic heterocycles. The number of carboxylic acids is 1. The van der Waals surface area contributed by atoms with Gasteiger partial charge in [-0.15, -0.1) is 0 Å². The maximum Gasteiger partial charge on any atom is 0.322 e. The predicted molar refractivity (Wildman–Crippen MR) is 85.8 cm³/mol. The lowest BCUT2D eigenvalue weighted by molar-refractivity contribution is -0.140. The lowest BCUT2D eigenvalue weighted by Gasteiger charge is -2.27. The number of nitrogens with two attached hydrogens (primary N) is 1. The molecule has 24 heavy (non-hydrogen) atoms. The molecule has 0 bridgehead atoms. The summed E-state index contributed by atoms with van der Waals surface area (Å²) >= 11 is 0. The van der Waals surface area contributed by atoms with E-state index in [9.17, 15) is 19.2 Å². The summed E-state index contributed by atoms with van der Waals surface area (Å²) in [6.45, 7) is 3.57. The Bertz CT molecular complexity index is 494. The van der Waals surface area contributed by atoms with E-state index in [2.05, 4.69) is 10.6 Å². The van der Waals surface area contributed by atoms with Crippen LogP contribution in [0.3, 0.4) is 0 Å². The van der Waals surface area contributed by atoms with Gasteiger partial charge in [0.15, 0.2) is 0 Å². The normalized spacial score (nSPS) is 18.3. The Balaban J connectivity index is 2.52. The molecule has 0 radical (unpaired) electrons. The van der Waals surface area contributed by atoms with E-state index in [1.165, 1.54) is 4.90 Å². The molecular weight excluding hydrogens is 316 g/mol. The number of aliphatic carboxylic acids is 1. The molecule has 1 aliphatic heterocycles. The fourth-order valence-electron chi connectivity index (χ4n) is 2.65. The zero-order chi connectivity index (χ0) is 18.3. The van der Waals surface area contributed by atoms with Gasteiger partial charge < -0.3 is 26.4 Å². The summed E-state index contributed by atoms with van der Waals surface area (Å²) in [5.74, 6) is -2.17. The Morgan fingerprint density at radius 2 is 1.88 bits per heavy atom. The molecule has 0 spiro atoms. The van der Waals surface area contributed by atoms with Crippen molar-refractivity contribution in [2.24, 2.45) is 11.7 Å². The standard InChI is InChI=1S/C15H26N4O5/c1-9(2)6-10(16)15(24)19-5-3-4-11(19)14(23)18-7-12(20)17-8-13(21)22/h9-11H,3-8,16H2,1-2H3,(H,17,20)(H,18,23)(H,21,22)/t10-,11-/m0/s1. The highest BCUT2D eigenvalue weighted by Crippen LogP contribution is 2.19. The van der Waals surface area contributed by atoms with Gasteiger partial charge in [-0.1, -0.05) is 13.8 Å². The first-order valence-electron chi connectivity index (χ1n) is 8.04. The summed E-state index contributed by atoms with van der Waals surface area (Å²) in [5, 5.41) is 13.0. The van der Waals surface area contributed by atoms with Gasteiger partial charge in [0.05, 0.1) is 12.6 Å². The minimum Gasteiger partial charge on any atom is -0.480 e. The molecule has 3 amide bonds. The average molecular weight is 342 g/mol. The monoisotopic (exact) mass is 342 g/mol. The average Bonchev–Trinajstić information content (AvgIpc) is 2.98. The third-order valence-corrected chi connectivity index (χ3v) is 3.74. The first-order chi connectivity index (χ1) is 11.2. The van der Waals surface area contributed by atoms with Gasteiger partial charge in [-0.25, -0.2) is 0 Å². The molecule has 1 aliphatic rings. The molecule has 1 rings (SSSR count). The van der Waals surface area contributed by atoms with Crippen molar-refractivity contribution >= 4 is 23.7 Å². The van der Waals surface area contributed by atoms with Crippen LogP contribution in [0, 0.1) is 5.92 Å². The fourth-order valence-corrected chi connectivity index (χ4v) is 2.65. The van der Waals surface area contributed by atoms with Gasteiger partial charge in [0, 0.05) is 6.54 Å². The molecule has 2 atom stereocenters. The van der Waals surface area contributed by atoms with Gasteiger partial charge in [-0.3, -0.25) is 19.2 Å². The zero-order valence-electron chi connectivity index (χ0n) is 14.1. The molecule has 9 heteroatoms. The molecular formula is C15H26N4O5. The second-order valence-electron chi connectivity index (χ2n) is 6.31. The van der Waals surface area contributed by atoms with Gasteiger partial charge in [-0.05, 0) is 25.2 Å². The van der Waals surface area contributed by atoms with Crippen LogP contribution < -0.4 is 16.4 Å². The number of amides is 3. The summed E-state index contributed by atoms with van der Waals surface area (Å²) < 4.78 is 0. The third kappa shape index (κ3) is 6.15. The van der Waals surface area contributed by atoms with Crippen LogP contribution in [0.1, 0.15) is 33.1 Å². The molecule has 0 aromatic rings. The SMILES string of the molecule is CC(C)C[C@H](N)C(=O)N1CCC[C@H]1C(=O)NCC(=O)NCC(=O)O. The van der Waals surface area contributed by atoms with Crippen LogP contribution in [0.5, 0.6) is 0 Å². The number of carbonyl (C=O) groups excluding carboxylic acids is 3. The number of rotatable bonds is 8. The van der Waals surface area contributed by atoms with Gasteiger partial charge in [-0.2, -0.15) is 0 Å². The minimum atomic E-state index is -1.17. The molecule has 1 saturated heterocycles. The molecule has 0 aliphatic carbocycles. The van der Waals surface area contributed by atoms with Gasteiger partial charge in [0.1, 0.15) is 12.6 Å². The second kappa shape index (κ2) is 9.21. The van der Waals surface area contributed by atoms with Crippen LogP contribution >= 0.6 is 0 Å². The Labute approximate surface area is 140 Å². The molecule has 1 fully saturated rings. The van der Waals surface area contributed by atoms with Crippen molar-refractivity contribution in [2.45, 2.75) is 45.2 Å². The Kier molecular flexibility index (Phi) is 7.63. The quantitative estimate of drug-likeness (QED) is 0.430. The van der Waals surface area contributed by atoms with E-state index >= 15 is 0 Å². The predicted octanol–water partition coefficient (Wildman–Crippen LogP) is -1.33. The summed E-state index contributed by atoms with van der Waals surface area (Å²) in [5.41, 5.74) is 5.91.